The van der Waals surface area contributed by atoms with E-state index in [1.54, 1.807) is 0 Å². The first-order chi connectivity index (χ1) is 40.0. The number of rotatable bonds is 9. The zero-order valence-electron chi connectivity index (χ0n) is 45.3. The molecule has 21 rings (SSSR count). The average Bonchev–Trinajstić information content (AvgIpc) is 2.02. The van der Waals surface area contributed by atoms with Crippen LogP contribution in [0, 0.1) is 0 Å². The Kier molecular flexibility index (Phi) is 25.3. The summed E-state index contributed by atoms with van der Waals surface area (Å²) in [5, 5.41) is 221. The fourth-order valence-electron chi connectivity index (χ4n) is 10.6. The molecule has 0 aromatic rings. The lowest BCUT2D eigenvalue weighted by atomic mass is 9.95. The number of nitrogens with zero attached hydrogens (tertiary/aromatic N) is 1. The Balaban J connectivity index is 0.00000251. The van der Waals surface area contributed by atoms with Crippen LogP contribution < -0.4 is 0 Å². The summed E-state index contributed by atoms with van der Waals surface area (Å²) < 4.78 is 117. The number of aliphatic hydroxyl groups is 20. The fourth-order valence-corrected chi connectivity index (χ4v) is 10.9. The quantitative estimate of drug-likeness (QED) is 0.0953. The topological polar surface area (TPSA) is 601 Å². The van der Waals surface area contributed by atoms with E-state index in [4.69, 9.17) is 66.3 Å². The minimum Gasteiger partial charge on any atom is -0.394 e. The van der Waals surface area contributed by atoms with E-state index in [-0.39, 0.29) is 0 Å². The first-order valence-corrected chi connectivity index (χ1v) is 28.0. The van der Waals surface area contributed by atoms with E-state index in [0.29, 0.717) is 0 Å². The molecule has 0 spiro atoms. The second-order valence-corrected chi connectivity index (χ2v) is 22.6. The summed E-state index contributed by atoms with van der Waals surface area (Å²) in [6.45, 7) is -7.93. The third kappa shape index (κ3) is 15.7. The van der Waals surface area contributed by atoms with Crippen molar-refractivity contribution in [2.24, 2.45) is 0 Å². The maximum absolute atomic E-state index is 11.7. The SMILES string of the molecule is CN(C)C.O=S(=O)(O)OC[C@H]1O[C@@H]2O[C@H]3[C@H](O)[C@@H](O)[C@@H](O[C@H]4[C@H](O)[C@@H](O)[C@@H](O[C@H]5[C@H](O)[C@@H](O)[C@@H](O[C@H]6[C@H](O)[C@@H](O)[C@@H](O[C@H]7[C@H](O)[C@@H](O)[C@@H](O[C@H]8[C@H](O)[C@@H](O)[C@@H](O[C@H]1[C@H](O)[C@H]2O)O[C@@H]8CO)O[C@@H]7CO)O[C@@H]6CO)O[C@@H]5CO)O[C@@H]4CO)O[C@@H]3CO. The number of aliphatic hydroxyl groups excluding tert-OH is 20. The van der Waals surface area contributed by atoms with Crippen LogP contribution in [0.25, 0.3) is 0 Å². The van der Waals surface area contributed by atoms with Crippen molar-refractivity contribution in [3.63, 3.8) is 0 Å². The Morgan fingerprint density at radius 3 is 0.565 bits per heavy atom. The lowest BCUT2D eigenvalue weighted by molar-refractivity contribution is -0.396. The molecule has 0 aliphatic carbocycles. The molecule has 0 amide bonds. The summed E-state index contributed by atoms with van der Waals surface area (Å²) in [7, 11) is 0.634. The van der Waals surface area contributed by atoms with Gasteiger partial charge in [0.25, 0.3) is 0 Å². The van der Waals surface area contributed by atoms with Crippen molar-refractivity contribution in [3.8, 4) is 0 Å². The average molecular weight is 1270 g/mol. The van der Waals surface area contributed by atoms with E-state index in [0.717, 1.165) is 0 Å². The monoisotopic (exact) mass is 1270 g/mol. The van der Waals surface area contributed by atoms with E-state index >= 15 is 0 Å². The maximum Gasteiger partial charge on any atom is 0.397 e. The van der Waals surface area contributed by atoms with Crippen LogP contribution in [0.5, 0.6) is 0 Å². The molecule has 21 aliphatic rings. The van der Waals surface area contributed by atoms with Gasteiger partial charge in [-0.05, 0) is 21.1 Å². The van der Waals surface area contributed by atoms with Gasteiger partial charge in [0.1, 0.15) is 171 Å². The first kappa shape index (κ1) is 70.9. The third-order valence-electron chi connectivity index (χ3n) is 15.0. The zero-order valence-corrected chi connectivity index (χ0v) is 46.2. The van der Waals surface area contributed by atoms with Gasteiger partial charge in [0, 0.05) is 0 Å². The first-order valence-electron chi connectivity index (χ1n) is 26.6. The summed E-state index contributed by atoms with van der Waals surface area (Å²) in [5.74, 6) is 0. The summed E-state index contributed by atoms with van der Waals surface area (Å²) in [6, 6.07) is 0. The summed E-state index contributed by atoms with van der Waals surface area (Å²) in [5.41, 5.74) is 0. The molecule has 21 N–H and O–H groups in total. The van der Waals surface area contributed by atoms with Gasteiger partial charge in [-0.3, -0.25) is 4.55 Å². The van der Waals surface area contributed by atoms with Crippen molar-refractivity contribution in [1.82, 2.24) is 4.90 Å². The zero-order chi connectivity index (χ0) is 62.8. The van der Waals surface area contributed by atoms with Gasteiger partial charge in [-0.25, -0.2) is 4.18 Å². The summed E-state index contributed by atoms with van der Waals surface area (Å²) in [6.07, 6.45) is -73.5. The van der Waals surface area contributed by atoms with Crippen molar-refractivity contribution >= 4 is 10.4 Å². The molecule has 35 atom stereocenters. The van der Waals surface area contributed by atoms with E-state index in [2.05, 4.69) is 4.18 Å². The molecule has 0 aromatic heterocycles. The molecule has 21 fully saturated rings. The van der Waals surface area contributed by atoms with Gasteiger partial charge < -0.3 is 173 Å². The molecule has 0 unspecified atom stereocenters. The molecule has 0 saturated carbocycles. The van der Waals surface area contributed by atoms with Gasteiger partial charge in [0.15, 0.2) is 44.0 Å². The molecule has 85 heavy (non-hydrogen) atoms. The molecule has 14 bridgehead atoms. The lowest BCUT2D eigenvalue weighted by Crippen LogP contribution is -2.68. The van der Waals surface area contributed by atoms with Crippen LogP contribution in [0.4, 0.5) is 0 Å². The smallest absolute Gasteiger partial charge is 0.394 e. The molecular formula is C45H79NO38S. The lowest BCUT2D eigenvalue weighted by Gasteiger charge is -2.50. The standard InChI is InChI=1S/C42H70O38S.C3H9N/c43-1-8-29-16(50)23(57)37(68-8)76-31-10(3-45)70-39(25(59)18(31)52)78-33-12(5-47)72-41(27(61)20(33)54)80-35-14(7-66-81(63,64)65)73-42(28(62)21(35)55)79-34-13(6-48)71-40(26(60)19(34)53)77-32-11(4-46)69-38(24(58)17(32)51)75-30-9(2-44)67-36(74-29)22(56)15(30)49;1-4(2)3/h8-62H,1-7H2,(H,63,64,65);1-3H3/t8-,9-,10-,11-,12-,13-,14-,15-,16-,17-,18-,19-,20-,21-,22-,23-,24-,25-,26-,27-,28-,29-,30-,31-,32-,33-,34-,35-,36-,37-,38-,39-,40-,41-,42-;/m1./s1. The highest BCUT2D eigenvalue weighted by atomic mass is 32.3. The Labute approximate surface area is 482 Å². The Bertz CT molecular complexity index is 2130. The largest absolute Gasteiger partial charge is 0.397 e. The maximum atomic E-state index is 11.7. The minimum absolute atomic E-state index is 1.07. The Hall–Kier alpha value is -1.53. The van der Waals surface area contributed by atoms with Crippen LogP contribution in [-0.2, 0) is 80.9 Å². The molecule has 0 radical (unpaired) electrons. The van der Waals surface area contributed by atoms with Crippen LogP contribution in [0.3, 0.4) is 0 Å². The van der Waals surface area contributed by atoms with Gasteiger partial charge >= 0.3 is 10.4 Å². The summed E-state index contributed by atoms with van der Waals surface area (Å²) >= 11 is 0. The van der Waals surface area contributed by atoms with Crippen LogP contribution in [0.15, 0.2) is 0 Å². The molecule has 0 aromatic carbocycles. The molecule has 21 aliphatic heterocycles. The molecular weight excluding hydrogens is 1190 g/mol. The normalized spacial score (nSPS) is 51.3. The van der Waals surface area contributed by atoms with Crippen molar-refractivity contribution in [3.05, 3.63) is 0 Å². The van der Waals surface area contributed by atoms with Gasteiger partial charge in [-0.2, -0.15) is 8.42 Å². The van der Waals surface area contributed by atoms with Crippen molar-refractivity contribution in [1.29, 1.82) is 0 Å². The van der Waals surface area contributed by atoms with Crippen LogP contribution >= 0.6 is 0 Å². The van der Waals surface area contributed by atoms with Gasteiger partial charge in [0.2, 0.25) is 0 Å². The predicted molar refractivity (Wildman–Crippen MR) is 258 cm³/mol. The van der Waals surface area contributed by atoms with E-state index < -0.39 is 272 Å². The molecule has 498 valence electrons. The van der Waals surface area contributed by atoms with E-state index in [1.807, 2.05) is 26.0 Å². The minimum atomic E-state index is -5.37. The highest BCUT2D eigenvalue weighted by Crippen LogP contribution is 2.39. The third-order valence-corrected chi connectivity index (χ3v) is 15.4. The fraction of sp³-hybridized carbons (Fsp3) is 1.00. The van der Waals surface area contributed by atoms with Crippen molar-refractivity contribution in [2.75, 3.05) is 67.4 Å². The van der Waals surface area contributed by atoms with Gasteiger partial charge in [0.05, 0.1) is 46.2 Å². The number of ether oxygens (including phenoxy) is 14. The molecule has 21 saturated heterocycles. The second-order valence-electron chi connectivity index (χ2n) is 21.5. The molecule has 39 nitrogen and oxygen atoms in total. The number of hydrogen-bond acceptors (Lipinski definition) is 38. The number of hydrogen-bond donors (Lipinski definition) is 21. The van der Waals surface area contributed by atoms with E-state index in [9.17, 15) is 115 Å². The van der Waals surface area contributed by atoms with Crippen LogP contribution in [0.2, 0.25) is 0 Å². The molecule has 21 heterocycles. The Morgan fingerprint density at radius 1 is 0.282 bits per heavy atom. The highest BCUT2D eigenvalue weighted by molar-refractivity contribution is 7.80. The van der Waals surface area contributed by atoms with Gasteiger partial charge in [-0.1, -0.05) is 0 Å². The van der Waals surface area contributed by atoms with Crippen LogP contribution in [-0.4, -0.2) is 402 Å². The van der Waals surface area contributed by atoms with Gasteiger partial charge in [-0.15, -0.1) is 0 Å². The van der Waals surface area contributed by atoms with Crippen molar-refractivity contribution < 1.29 is 186 Å². The highest BCUT2D eigenvalue weighted by Gasteiger charge is 2.59. The molecule has 40 heteroatoms. The summed E-state index contributed by atoms with van der Waals surface area (Å²) in [4.78, 5) is 2.00. The predicted octanol–water partition coefficient (Wildman–Crippen LogP) is -15.2. The van der Waals surface area contributed by atoms with Crippen molar-refractivity contribution in [2.45, 2.75) is 215 Å². The van der Waals surface area contributed by atoms with Crippen LogP contribution in [0.1, 0.15) is 0 Å². The Morgan fingerprint density at radius 2 is 0.424 bits per heavy atom. The second kappa shape index (κ2) is 30.3. The van der Waals surface area contributed by atoms with E-state index in [1.165, 1.54) is 0 Å².